The molecular formula is C16H18O3. The van der Waals surface area contributed by atoms with Crippen molar-refractivity contribution in [3.8, 4) is 11.5 Å². The third kappa shape index (κ3) is 1.85. The summed E-state index contributed by atoms with van der Waals surface area (Å²) in [6.07, 6.45) is 2.56. The monoisotopic (exact) mass is 258 g/mol. The molecule has 1 aliphatic rings. The summed E-state index contributed by atoms with van der Waals surface area (Å²) in [4.78, 5) is 0. The van der Waals surface area contributed by atoms with Crippen molar-refractivity contribution >= 4 is 10.8 Å². The van der Waals surface area contributed by atoms with Gasteiger partial charge in [0.15, 0.2) is 0 Å². The summed E-state index contributed by atoms with van der Waals surface area (Å²) < 4.78 is 5.72. The van der Waals surface area contributed by atoms with E-state index in [1.165, 1.54) is 0 Å². The first-order valence-electron chi connectivity index (χ1n) is 6.81. The molecule has 3 nitrogen and oxygen atoms in total. The number of phenols is 2. The number of aromatic hydroxyl groups is 2. The zero-order valence-electron chi connectivity index (χ0n) is 11.0. The summed E-state index contributed by atoms with van der Waals surface area (Å²) in [5.41, 5.74) is 1.63. The van der Waals surface area contributed by atoms with Crippen LogP contribution in [-0.4, -0.2) is 16.8 Å². The van der Waals surface area contributed by atoms with Crippen LogP contribution < -0.4 is 0 Å². The van der Waals surface area contributed by atoms with Gasteiger partial charge in [0.1, 0.15) is 11.5 Å². The Kier molecular flexibility index (Phi) is 3.07. The van der Waals surface area contributed by atoms with E-state index in [1.807, 2.05) is 31.2 Å². The molecule has 2 N–H and O–H groups in total. The standard InChI is InChI=1S/C16H18O3/c1-2-19-13-9-5-8-12-14(13)16(18)11-7-4-3-6-10(11)15(12)17/h3-4,6-7,13,17-18H,2,5,8-9H2,1H3. The minimum atomic E-state index is -0.107. The molecule has 3 rings (SSSR count). The van der Waals surface area contributed by atoms with Gasteiger partial charge in [0.25, 0.3) is 0 Å². The highest BCUT2D eigenvalue weighted by Gasteiger charge is 2.28. The first-order chi connectivity index (χ1) is 9.24. The molecule has 0 fully saturated rings. The second-order valence-corrected chi connectivity index (χ2v) is 4.97. The third-order valence-corrected chi connectivity index (χ3v) is 3.89. The molecule has 0 heterocycles. The first kappa shape index (κ1) is 12.3. The fraction of sp³-hybridized carbons (Fsp3) is 0.375. The second-order valence-electron chi connectivity index (χ2n) is 4.97. The van der Waals surface area contributed by atoms with Crippen molar-refractivity contribution in [3.05, 3.63) is 35.4 Å². The van der Waals surface area contributed by atoms with E-state index in [1.54, 1.807) is 0 Å². The number of hydrogen-bond donors (Lipinski definition) is 2. The number of phenolic OH excluding ortho intramolecular Hbond substituents is 2. The van der Waals surface area contributed by atoms with Crippen LogP contribution in [0.15, 0.2) is 24.3 Å². The molecule has 1 unspecified atom stereocenters. The first-order valence-corrected chi connectivity index (χ1v) is 6.81. The molecule has 1 atom stereocenters. The summed E-state index contributed by atoms with van der Waals surface area (Å²) in [6.45, 7) is 2.56. The lowest BCUT2D eigenvalue weighted by atomic mass is 9.85. The van der Waals surface area contributed by atoms with E-state index < -0.39 is 0 Å². The molecule has 3 heteroatoms. The van der Waals surface area contributed by atoms with Gasteiger partial charge in [-0.05, 0) is 26.2 Å². The van der Waals surface area contributed by atoms with Gasteiger partial charge in [-0.3, -0.25) is 0 Å². The Morgan fingerprint density at radius 2 is 1.84 bits per heavy atom. The largest absolute Gasteiger partial charge is 0.507 e. The third-order valence-electron chi connectivity index (χ3n) is 3.89. The van der Waals surface area contributed by atoms with Crippen molar-refractivity contribution in [1.29, 1.82) is 0 Å². The predicted molar refractivity (Wildman–Crippen MR) is 74.6 cm³/mol. The summed E-state index contributed by atoms with van der Waals surface area (Å²) in [6, 6.07) is 7.42. The van der Waals surface area contributed by atoms with Crippen LogP contribution >= 0.6 is 0 Å². The molecule has 0 radical (unpaired) electrons. The predicted octanol–water partition coefficient (Wildman–Crippen LogP) is 3.66. The van der Waals surface area contributed by atoms with Crippen molar-refractivity contribution in [3.63, 3.8) is 0 Å². The van der Waals surface area contributed by atoms with Crippen molar-refractivity contribution in [2.24, 2.45) is 0 Å². The lowest BCUT2D eigenvalue weighted by Gasteiger charge is -2.28. The van der Waals surface area contributed by atoms with E-state index in [0.29, 0.717) is 17.7 Å². The van der Waals surface area contributed by atoms with Gasteiger partial charge in [0.2, 0.25) is 0 Å². The second kappa shape index (κ2) is 4.74. The molecule has 100 valence electrons. The zero-order chi connectivity index (χ0) is 13.4. The van der Waals surface area contributed by atoms with Crippen LogP contribution in [-0.2, 0) is 11.2 Å². The summed E-state index contributed by atoms with van der Waals surface area (Å²) in [7, 11) is 0. The molecule has 0 spiro atoms. The fourth-order valence-electron chi connectivity index (χ4n) is 3.05. The number of rotatable bonds is 2. The van der Waals surface area contributed by atoms with E-state index in [9.17, 15) is 10.2 Å². The van der Waals surface area contributed by atoms with Crippen molar-refractivity contribution in [1.82, 2.24) is 0 Å². The van der Waals surface area contributed by atoms with Crippen molar-refractivity contribution in [2.45, 2.75) is 32.3 Å². The number of fused-ring (bicyclic) bond motifs is 2. The smallest absolute Gasteiger partial charge is 0.129 e. The Morgan fingerprint density at radius 1 is 1.16 bits per heavy atom. The van der Waals surface area contributed by atoms with Crippen LogP contribution in [0.3, 0.4) is 0 Å². The molecule has 0 amide bonds. The Balaban J connectivity index is 2.30. The summed E-state index contributed by atoms with van der Waals surface area (Å²) in [5, 5.41) is 22.4. The van der Waals surface area contributed by atoms with E-state index in [0.717, 1.165) is 35.8 Å². The van der Waals surface area contributed by atoms with Crippen LogP contribution in [0, 0.1) is 0 Å². The van der Waals surface area contributed by atoms with E-state index in [2.05, 4.69) is 0 Å². The van der Waals surface area contributed by atoms with Crippen LogP contribution in [0.2, 0.25) is 0 Å². The Hall–Kier alpha value is -1.74. The maximum Gasteiger partial charge on any atom is 0.129 e. The number of benzene rings is 2. The molecule has 1 aliphatic carbocycles. The Labute approximate surface area is 112 Å². The van der Waals surface area contributed by atoms with E-state index in [4.69, 9.17) is 4.74 Å². The molecule has 0 aromatic heterocycles. The fourth-order valence-corrected chi connectivity index (χ4v) is 3.05. The van der Waals surface area contributed by atoms with Crippen LogP contribution in [0.25, 0.3) is 10.8 Å². The highest BCUT2D eigenvalue weighted by Crippen LogP contribution is 2.47. The van der Waals surface area contributed by atoms with Crippen molar-refractivity contribution < 1.29 is 14.9 Å². The molecule has 0 saturated carbocycles. The minimum absolute atomic E-state index is 0.107. The van der Waals surface area contributed by atoms with Gasteiger partial charge < -0.3 is 14.9 Å². The van der Waals surface area contributed by atoms with Gasteiger partial charge in [0.05, 0.1) is 6.10 Å². The van der Waals surface area contributed by atoms with Gasteiger partial charge in [-0.1, -0.05) is 24.3 Å². The lowest BCUT2D eigenvalue weighted by Crippen LogP contribution is -2.13. The Morgan fingerprint density at radius 3 is 2.53 bits per heavy atom. The average Bonchev–Trinajstić information content (AvgIpc) is 2.45. The molecular weight excluding hydrogens is 240 g/mol. The maximum absolute atomic E-state index is 10.5. The highest BCUT2D eigenvalue weighted by atomic mass is 16.5. The molecule has 0 bridgehead atoms. The SMILES string of the molecule is CCOC1CCCc2c1c(O)c1ccccc1c2O. The topological polar surface area (TPSA) is 49.7 Å². The molecule has 2 aromatic rings. The van der Waals surface area contributed by atoms with Gasteiger partial charge in [-0.15, -0.1) is 0 Å². The van der Waals surface area contributed by atoms with Gasteiger partial charge in [-0.25, -0.2) is 0 Å². The number of ether oxygens (including phenoxy) is 1. The normalized spacial score (nSPS) is 18.5. The van der Waals surface area contributed by atoms with E-state index >= 15 is 0 Å². The average molecular weight is 258 g/mol. The molecule has 0 aliphatic heterocycles. The van der Waals surface area contributed by atoms with E-state index in [-0.39, 0.29) is 11.9 Å². The highest BCUT2D eigenvalue weighted by molar-refractivity contribution is 5.95. The van der Waals surface area contributed by atoms with Crippen LogP contribution in [0.5, 0.6) is 11.5 Å². The van der Waals surface area contributed by atoms with Gasteiger partial charge >= 0.3 is 0 Å². The minimum Gasteiger partial charge on any atom is -0.507 e. The molecule has 19 heavy (non-hydrogen) atoms. The number of hydrogen-bond acceptors (Lipinski definition) is 3. The maximum atomic E-state index is 10.5. The van der Waals surface area contributed by atoms with Crippen LogP contribution in [0.1, 0.15) is 37.0 Å². The quantitative estimate of drug-likeness (QED) is 0.808. The molecule has 2 aromatic carbocycles. The summed E-state index contributed by atoms with van der Waals surface area (Å²) >= 11 is 0. The molecule has 0 saturated heterocycles. The zero-order valence-corrected chi connectivity index (χ0v) is 11.0. The van der Waals surface area contributed by atoms with Crippen molar-refractivity contribution in [2.75, 3.05) is 6.61 Å². The van der Waals surface area contributed by atoms with Gasteiger partial charge in [0, 0.05) is 28.5 Å². The van der Waals surface area contributed by atoms with Crippen LogP contribution in [0.4, 0.5) is 0 Å². The van der Waals surface area contributed by atoms with Gasteiger partial charge in [-0.2, -0.15) is 0 Å². The Bertz CT molecular complexity index is 619. The lowest BCUT2D eigenvalue weighted by molar-refractivity contribution is 0.0481. The summed E-state index contributed by atoms with van der Waals surface area (Å²) in [5.74, 6) is 0.564.